The molecule has 0 aliphatic rings. The number of hydrogen-bond donors (Lipinski definition) is 2. The fourth-order valence-corrected chi connectivity index (χ4v) is 4.08. The first kappa shape index (κ1) is 15.8. The van der Waals surface area contributed by atoms with Crippen LogP contribution >= 0.6 is 22.9 Å². The number of halogens is 1. The Morgan fingerprint density at radius 2 is 2.11 bits per heavy atom. The molecule has 8 nitrogen and oxygen atoms in total. The van der Waals surface area contributed by atoms with Gasteiger partial charge in [0, 0.05) is 6.07 Å². The second kappa shape index (κ2) is 5.04. The summed E-state index contributed by atoms with van der Waals surface area (Å²) in [6, 6.07) is 0.826. The summed E-state index contributed by atoms with van der Waals surface area (Å²) < 4.78 is 25.3. The summed E-state index contributed by atoms with van der Waals surface area (Å²) in [4.78, 5) is 20.9. The number of sulfonamides is 1. The average molecular weight is 328 g/mol. The first-order valence-electron chi connectivity index (χ1n) is 4.75. The van der Waals surface area contributed by atoms with Gasteiger partial charge in [0.05, 0.1) is 4.92 Å². The molecule has 1 amide bonds. The van der Waals surface area contributed by atoms with Crippen molar-refractivity contribution in [1.82, 2.24) is 4.72 Å². The monoisotopic (exact) mass is 327 g/mol. The summed E-state index contributed by atoms with van der Waals surface area (Å²) in [7, 11) is -4.12. The number of carbonyl (C=O) groups is 1. The van der Waals surface area contributed by atoms with Crippen LogP contribution in [0.2, 0.25) is 4.34 Å². The number of nitrogens with two attached hydrogens (primary N) is 1. The van der Waals surface area contributed by atoms with Crippen molar-refractivity contribution in [3.05, 3.63) is 20.5 Å². The molecule has 1 rings (SSSR count). The Morgan fingerprint density at radius 1 is 1.58 bits per heavy atom. The van der Waals surface area contributed by atoms with Gasteiger partial charge in [-0.05, 0) is 13.8 Å². The van der Waals surface area contributed by atoms with Crippen molar-refractivity contribution >= 4 is 44.6 Å². The maximum Gasteiger partial charge on any atom is 0.300 e. The minimum absolute atomic E-state index is 0.262. The molecule has 0 saturated heterocycles. The third kappa shape index (κ3) is 3.41. The molecule has 1 aromatic heterocycles. The summed E-state index contributed by atoms with van der Waals surface area (Å²) in [5, 5.41) is 10.6. The van der Waals surface area contributed by atoms with Crippen LogP contribution in [0.25, 0.3) is 0 Å². The molecule has 0 unspecified atom stereocenters. The Morgan fingerprint density at radius 3 is 2.47 bits per heavy atom. The molecule has 0 aliphatic heterocycles. The van der Waals surface area contributed by atoms with Crippen LogP contribution in [0, 0.1) is 10.1 Å². The number of nitrogens with one attached hydrogen (secondary N) is 1. The third-order valence-electron chi connectivity index (χ3n) is 2.11. The molecule has 106 valence electrons. The molecule has 0 aliphatic carbocycles. The molecule has 11 heteroatoms. The smallest absolute Gasteiger partial charge is 0.300 e. The fourth-order valence-electron chi connectivity index (χ4n) is 1.03. The van der Waals surface area contributed by atoms with Gasteiger partial charge in [0.25, 0.3) is 15.7 Å². The van der Waals surface area contributed by atoms with Gasteiger partial charge in [-0.1, -0.05) is 11.6 Å². The largest absolute Gasteiger partial charge is 0.368 e. The first-order chi connectivity index (χ1) is 8.47. The molecule has 19 heavy (non-hydrogen) atoms. The highest BCUT2D eigenvalue weighted by molar-refractivity contribution is 7.91. The molecule has 1 heterocycles. The van der Waals surface area contributed by atoms with E-state index in [9.17, 15) is 23.3 Å². The van der Waals surface area contributed by atoms with Gasteiger partial charge < -0.3 is 5.73 Å². The van der Waals surface area contributed by atoms with E-state index in [1.165, 1.54) is 13.8 Å². The van der Waals surface area contributed by atoms with Crippen molar-refractivity contribution < 1.29 is 18.1 Å². The normalized spacial score (nSPS) is 12.4. The lowest BCUT2D eigenvalue weighted by Gasteiger charge is -2.21. The molecular weight excluding hydrogens is 318 g/mol. The first-order valence-corrected chi connectivity index (χ1v) is 7.43. The van der Waals surface area contributed by atoms with Crippen LogP contribution in [0.1, 0.15) is 13.8 Å². The van der Waals surface area contributed by atoms with E-state index in [2.05, 4.69) is 4.72 Å². The summed E-state index contributed by atoms with van der Waals surface area (Å²) >= 11 is 6.10. The molecule has 3 N–H and O–H groups in total. The lowest BCUT2D eigenvalue weighted by atomic mass is 10.1. The van der Waals surface area contributed by atoms with Crippen molar-refractivity contribution in [1.29, 1.82) is 0 Å². The zero-order chi connectivity index (χ0) is 15.0. The maximum atomic E-state index is 12.0. The van der Waals surface area contributed by atoms with Gasteiger partial charge in [0.15, 0.2) is 4.34 Å². The molecule has 1 aromatic rings. The van der Waals surface area contributed by atoms with Crippen molar-refractivity contribution in [2.45, 2.75) is 23.6 Å². The van der Waals surface area contributed by atoms with Crippen LogP contribution in [-0.2, 0) is 14.8 Å². The number of nitrogens with zero attached hydrogens (tertiary/aromatic N) is 1. The van der Waals surface area contributed by atoms with Crippen molar-refractivity contribution in [3.8, 4) is 0 Å². The van der Waals surface area contributed by atoms with Crippen LogP contribution in [0.4, 0.5) is 5.69 Å². The Bertz CT molecular complexity index is 637. The summed E-state index contributed by atoms with van der Waals surface area (Å²) in [6.45, 7) is 2.55. The zero-order valence-electron chi connectivity index (χ0n) is 9.84. The third-order valence-corrected chi connectivity index (χ3v) is 5.58. The highest BCUT2D eigenvalue weighted by atomic mass is 35.5. The topological polar surface area (TPSA) is 132 Å². The molecule has 0 saturated carbocycles. The zero-order valence-corrected chi connectivity index (χ0v) is 12.2. The van der Waals surface area contributed by atoms with Crippen molar-refractivity contribution in [3.63, 3.8) is 0 Å². The summed E-state index contributed by atoms with van der Waals surface area (Å²) in [5.41, 5.74) is 3.01. The number of thiophene rings is 1. The highest BCUT2D eigenvalue weighted by Gasteiger charge is 2.34. The Hall–Kier alpha value is -1.23. The lowest BCUT2D eigenvalue weighted by molar-refractivity contribution is -0.384. The van der Waals surface area contributed by atoms with Crippen LogP contribution in [-0.4, -0.2) is 24.8 Å². The lowest BCUT2D eigenvalue weighted by Crippen LogP contribution is -2.52. The molecular formula is C8H10ClN3O5S2. The predicted molar refractivity (Wildman–Crippen MR) is 69.6 cm³/mol. The molecule has 0 bridgehead atoms. The van der Waals surface area contributed by atoms with Gasteiger partial charge in [-0.2, -0.15) is 4.72 Å². The van der Waals surface area contributed by atoms with E-state index in [1.807, 2.05) is 0 Å². The quantitative estimate of drug-likeness (QED) is 0.611. The number of carbonyl (C=O) groups excluding carboxylic acids is 1. The number of primary amides is 1. The van der Waals surface area contributed by atoms with Gasteiger partial charge in [-0.3, -0.25) is 14.9 Å². The second-order valence-electron chi connectivity index (χ2n) is 4.08. The molecule has 0 radical (unpaired) electrons. The van der Waals surface area contributed by atoms with Gasteiger partial charge in [0.1, 0.15) is 9.75 Å². The van der Waals surface area contributed by atoms with E-state index in [4.69, 9.17) is 17.3 Å². The van der Waals surface area contributed by atoms with Crippen LogP contribution in [0.15, 0.2) is 10.3 Å². The average Bonchev–Trinajstić information content (AvgIpc) is 2.59. The number of nitro groups is 1. The molecule has 0 spiro atoms. The molecule has 0 fully saturated rings. The number of hydrogen-bond acceptors (Lipinski definition) is 6. The number of amides is 1. The maximum absolute atomic E-state index is 12.0. The van der Waals surface area contributed by atoms with E-state index < -0.39 is 32.1 Å². The summed E-state index contributed by atoms with van der Waals surface area (Å²) in [5.74, 6) is -0.881. The van der Waals surface area contributed by atoms with Gasteiger partial charge >= 0.3 is 0 Å². The fraction of sp³-hybridized carbons (Fsp3) is 0.375. The van der Waals surface area contributed by atoms with E-state index >= 15 is 0 Å². The van der Waals surface area contributed by atoms with E-state index in [1.54, 1.807) is 0 Å². The molecule has 0 atom stereocenters. The van der Waals surface area contributed by atoms with Crippen LogP contribution in [0.3, 0.4) is 0 Å². The van der Waals surface area contributed by atoms with Crippen molar-refractivity contribution in [2.24, 2.45) is 5.73 Å². The standard InChI is InChI=1S/C8H10ClN3O5S2/c1-8(2,7(10)13)11-19(16,17)5-3-4(12(14)15)6(9)18-5/h3,11H,1-2H3,(H2,10,13). The Labute approximate surface area is 117 Å². The minimum Gasteiger partial charge on any atom is -0.368 e. The van der Waals surface area contributed by atoms with Crippen molar-refractivity contribution in [2.75, 3.05) is 0 Å². The number of rotatable bonds is 5. The van der Waals surface area contributed by atoms with E-state index in [0.29, 0.717) is 11.3 Å². The van der Waals surface area contributed by atoms with Crippen LogP contribution in [0.5, 0.6) is 0 Å². The van der Waals surface area contributed by atoms with Gasteiger partial charge in [-0.25, -0.2) is 8.42 Å². The van der Waals surface area contributed by atoms with E-state index in [0.717, 1.165) is 6.07 Å². The Kier molecular flexibility index (Phi) is 4.20. The molecule has 0 aromatic carbocycles. The van der Waals surface area contributed by atoms with E-state index in [-0.39, 0.29) is 8.55 Å². The van der Waals surface area contributed by atoms with Crippen LogP contribution < -0.4 is 10.5 Å². The SMILES string of the molecule is CC(C)(NS(=O)(=O)c1cc([N+](=O)[O-])c(Cl)s1)C(N)=O. The minimum atomic E-state index is -4.12. The second-order valence-corrected chi connectivity index (χ2v) is 7.64. The Balaban J connectivity index is 3.19. The van der Waals surface area contributed by atoms with Gasteiger partial charge in [0.2, 0.25) is 5.91 Å². The highest BCUT2D eigenvalue weighted by Crippen LogP contribution is 2.36. The predicted octanol–water partition coefficient (Wildman–Crippen LogP) is 0.852. The summed E-state index contributed by atoms with van der Waals surface area (Å²) in [6.07, 6.45) is 0. The van der Waals surface area contributed by atoms with Gasteiger partial charge in [-0.15, -0.1) is 11.3 Å².